The minimum Gasteiger partial charge on any atom is -0.497 e. The fraction of sp³-hybridized carbons (Fsp3) is 0.300. The van der Waals surface area contributed by atoms with Gasteiger partial charge in [-0.15, -0.1) is 0 Å². The molecular weight excluding hydrogens is 378 g/mol. The van der Waals surface area contributed by atoms with E-state index in [4.69, 9.17) is 24.7 Å². The summed E-state index contributed by atoms with van der Waals surface area (Å²) in [6.45, 7) is 0.347. The molecule has 9 heteroatoms. The Morgan fingerprint density at radius 2 is 1.93 bits per heavy atom. The molecule has 0 bridgehead atoms. The van der Waals surface area contributed by atoms with E-state index in [1.165, 1.54) is 7.11 Å². The van der Waals surface area contributed by atoms with Crippen LogP contribution in [0.15, 0.2) is 30.3 Å². The van der Waals surface area contributed by atoms with Crippen molar-refractivity contribution in [3.8, 4) is 23.0 Å². The van der Waals surface area contributed by atoms with Gasteiger partial charge in [0.2, 0.25) is 18.6 Å². The molecule has 0 spiro atoms. The second-order valence-corrected chi connectivity index (χ2v) is 6.73. The largest absolute Gasteiger partial charge is 0.497 e. The van der Waals surface area contributed by atoms with E-state index in [0.717, 1.165) is 0 Å². The Balaban J connectivity index is 1.50. The van der Waals surface area contributed by atoms with Gasteiger partial charge in [-0.1, -0.05) is 0 Å². The van der Waals surface area contributed by atoms with Crippen molar-refractivity contribution in [3.05, 3.63) is 30.3 Å². The highest BCUT2D eigenvalue weighted by Gasteiger charge is 2.36. The van der Waals surface area contributed by atoms with Gasteiger partial charge in [-0.25, -0.2) is 0 Å². The molecule has 4 rings (SSSR count). The normalized spacial score (nSPS) is 17.4. The lowest BCUT2D eigenvalue weighted by molar-refractivity contribution is -0.122. The van der Waals surface area contributed by atoms with E-state index in [-0.39, 0.29) is 31.6 Å². The Morgan fingerprint density at radius 3 is 2.66 bits per heavy atom. The number of rotatable bonds is 5. The van der Waals surface area contributed by atoms with Crippen LogP contribution in [-0.2, 0) is 9.59 Å². The summed E-state index contributed by atoms with van der Waals surface area (Å²) in [4.78, 5) is 26.9. The molecule has 2 heterocycles. The van der Waals surface area contributed by atoms with E-state index in [9.17, 15) is 9.59 Å². The molecule has 0 aliphatic carbocycles. The van der Waals surface area contributed by atoms with Gasteiger partial charge in [0.05, 0.1) is 37.2 Å². The number of amides is 2. The van der Waals surface area contributed by atoms with Crippen LogP contribution < -0.4 is 34.9 Å². The maximum atomic E-state index is 12.8. The molecule has 1 unspecified atom stereocenters. The zero-order valence-electron chi connectivity index (χ0n) is 16.1. The van der Waals surface area contributed by atoms with Gasteiger partial charge in [0, 0.05) is 31.2 Å². The summed E-state index contributed by atoms with van der Waals surface area (Å²) in [5.74, 6) is 1.19. The number of fused-ring (bicyclic) bond motifs is 1. The third-order valence-electron chi connectivity index (χ3n) is 4.98. The number of nitrogens with two attached hydrogens (primary N) is 1. The van der Waals surface area contributed by atoms with Crippen LogP contribution in [0.25, 0.3) is 0 Å². The van der Waals surface area contributed by atoms with Gasteiger partial charge >= 0.3 is 0 Å². The lowest BCUT2D eigenvalue weighted by Gasteiger charge is -2.20. The molecule has 1 fully saturated rings. The zero-order chi connectivity index (χ0) is 20.5. The van der Waals surface area contributed by atoms with E-state index in [2.05, 4.69) is 5.32 Å². The third-order valence-corrected chi connectivity index (χ3v) is 4.98. The SMILES string of the molecule is COc1ccc(N2CC(C(=O)Nc3cc4c(cc3N)OCO4)CC2=O)c(OC)c1. The van der Waals surface area contributed by atoms with Crippen molar-refractivity contribution in [2.24, 2.45) is 5.92 Å². The first-order valence-electron chi connectivity index (χ1n) is 9.02. The first-order chi connectivity index (χ1) is 14.0. The molecule has 2 aromatic carbocycles. The first-order valence-corrected chi connectivity index (χ1v) is 9.02. The summed E-state index contributed by atoms with van der Waals surface area (Å²) >= 11 is 0. The number of benzene rings is 2. The van der Waals surface area contributed by atoms with Crippen LogP contribution in [0.3, 0.4) is 0 Å². The fourth-order valence-electron chi connectivity index (χ4n) is 3.42. The van der Waals surface area contributed by atoms with Crippen LogP contribution in [0.4, 0.5) is 17.1 Å². The molecule has 0 aromatic heterocycles. The first kappa shape index (κ1) is 18.7. The maximum Gasteiger partial charge on any atom is 0.231 e. The third kappa shape index (κ3) is 3.46. The number of nitrogens with one attached hydrogen (secondary N) is 1. The van der Waals surface area contributed by atoms with Crippen molar-refractivity contribution in [1.29, 1.82) is 0 Å². The summed E-state index contributed by atoms with van der Waals surface area (Å²) in [5.41, 5.74) is 7.37. The van der Waals surface area contributed by atoms with Gasteiger partial charge in [0.15, 0.2) is 11.5 Å². The molecule has 29 heavy (non-hydrogen) atoms. The molecule has 0 radical (unpaired) electrons. The molecule has 1 saturated heterocycles. The zero-order valence-corrected chi connectivity index (χ0v) is 16.1. The highest BCUT2D eigenvalue weighted by Crippen LogP contribution is 2.39. The van der Waals surface area contributed by atoms with Crippen molar-refractivity contribution >= 4 is 28.9 Å². The van der Waals surface area contributed by atoms with E-state index in [1.807, 2.05) is 0 Å². The second kappa shape index (κ2) is 7.42. The van der Waals surface area contributed by atoms with Crippen molar-refractivity contribution in [1.82, 2.24) is 0 Å². The van der Waals surface area contributed by atoms with Crippen LogP contribution >= 0.6 is 0 Å². The Hall–Kier alpha value is -3.62. The number of nitrogens with zero attached hydrogens (tertiary/aromatic N) is 1. The fourth-order valence-corrected chi connectivity index (χ4v) is 3.42. The minimum absolute atomic E-state index is 0.0888. The van der Waals surface area contributed by atoms with Gasteiger partial charge in [0.25, 0.3) is 0 Å². The monoisotopic (exact) mass is 399 g/mol. The van der Waals surface area contributed by atoms with Gasteiger partial charge in [-0.3, -0.25) is 9.59 Å². The smallest absolute Gasteiger partial charge is 0.231 e. The molecule has 1 atom stereocenters. The maximum absolute atomic E-state index is 12.8. The van der Waals surface area contributed by atoms with Crippen molar-refractivity contribution in [2.75, 3.05) is 43.5 Å². The molecule has 2 aliphatic rings. The van der Waals surface area contributed by atoms with Crippen LogP contribution in [0.1, 0.15) is 6.42 Å². The molecule has 2 aliphatic heterocycles. The summed E-state index contributed by atoms with van der Waals surface area (Å²) in [6, 6.07) is 8.41. The average molecular weight is 399 g/mol. The highest BCUT2D eigenvalue weighted by atomic mass is 16.7. The number of nitrogen functional groups attached to an aromatic ring is 1. The van der Waals surface area contributed by atoms with Crippen LogP contribution in [0.5, 0.6) is 23.0 Å². The number of carbonyl (C=O) groups excluding carboxylic acids is 2. The van der Waals surface area contributed by atoms with Crippen LogP contribution in [0, 0.1) is 5.92 Å². The van der Waals surface area contributed by atoms with Crippen molar-refractivity contribution in [3.63, 3.8) is 0 Å². The Labute approximate surface area is 167 Å². The average Bonchev–Trinajstić information content (AvgIpc) is 3.33. The molecule has 0 saturated carbocycles. The molecule has 152 valence electrons. The van der Waals surface area contributed by atoms with E-state index >= 15 is 0 Å². The number of methoxy groups -OCH3 is 2. The summed E-state index contributed by atoms with van der Waals surface area (Å²) < 4.78 is 21.2. The van der Waals surface area contributed by atoms with Crippen LogP contribution in [-0.4, -0.2) is 39.4 Å². The van der Waals surface area contributed by atoms with Gasteiger partial charge in [-0.2, -0.15) is 0 Å². The standard InChI is InChI=1S/C20H21N3O6/c1-26-12-3-4-15(16(6-12)27-2)23-9-11(5-19(23)24)20(25)22-14-8-18-17(7-13(14)21)28-10-29-18/h3-4,6-8,11H,5,9-10,21H2,1-2H3,(H,22,25). The molecule has 3 N–H and O–H groups in total. The molecule has 9 nitrogen and oxygen atoms in total. The number of carbonyl (C=O) groups is 2. The summed E-state index contributed by atoms with van der Waals surface area (Å²) in [7, 11) is 3.07. The Kier molecular flexibility index (Phi) is 4.79. The predicted molar refractivity (Wildman–Crippen MR) is 106 cm³/mol. The predicted octanol–water partition coefficient (Wildman–Crippen LogP) is 2.01. The Morgan fingerprint density at radius 1 is 1.17 bits per heavy atom. The Bertz CT molecular complexity index is 977. The van der Waals surface area contributed by atoms with Gasteiger partial charge < -0.3 is 34.9 Å². The molecular formula is C20H21N3O6. The quantitative estimate of drug-likeness (QED) is 0.740. The topological polar surface area (TPSA) is 112 Å². The number of hydrogen-bond acceptors (Lipinski definition) is 7. The number of ether oxygens (including phenoxy) is 4. The summed E-state index contributed by atoms with van der Waals surface area (Å²) in [5, 5.41) is 2.79. The highest BCUT2D eigenvalue weighted by molar-refractivity contribution is 6.05. The van der Waals surface area contributed by atoms with E-state index in [1.54, 1.807) is 42.3 Å². The van der Waals surface area contributed by atoms with Crippen molar-refractivity contribution in [2.45, 2.75) is 6.42 Å². The van der Waals surface area contributed by atoms with E-state index in [0.29, 0.717) is 40.1 Å². The van der Waals surface area contributed by atoms with E-state index < -0.39 is 5.92 Å². The lowest BCUT2D eigenvalue weighted by atomic mass is 10.1. The van der Waals surface area contributed by atoms with Crippen molar-refractivity contribution < 1.29 is 28.5 Å². The second-order valence-electron chi connectivity index (χ2n) is 6.73. The van der Waals surface area contributed by atoms with Crippen LogP contribution in [0.2, 0.25) is 0 Å². The number of anilines is 3. The van der Waals surface area contributed by atoms with Gasteiger partial charge in [0.1, 0.15) is 11.5 Å². The lowest BCUT2D eigenvalue weighted by Crippen LogP contribution is -2.28. The summed E-state index contributed by atoms with van der Waals surface area (Å²) in [6.07, 6.45) is 0.0888. The minimum atomic E-state index is -0.529. The number of hydrogen-bond donors (Lipinski definition) is 2. The van der Waals surface area contributed by atoms with Gasteiger partial charge in [-0.05, 0) is 12.1 Å². The molecule has 2 aromatic rings. The molecule has 2 amide bonds.